The molecule has 0 spiro atoms. The van der Waals surface area contributed by atoms with Crippen LogP contribution in [0, 0.1) is 16.7 Å². The summed E-state index contributed by atoms with van der Waals surface area (Å²) in [5.74, 6) is 0. The molecule has 1 heteroatoms. The van der Waals surface area contributed by atoms with Gasteiger partial charge in [0.1, 0.15) is 0 Å². The summed E-state index contributed by atoms with van der Waals surface area (Å²) in [7, 11) is 0. The van der Waals surface area contributed by atoms with Gasteiger partial charge in [-0.1, -0.05) is 81.2 Å². The molecule has 1 nitrogen and oxygen atoms in total. The second kappa shape index (κ2) is 7.10. The van der Waals surface area contributed by atoms with E-state index in [0.29, 0.717) is 0 Å². The third-order valence-electron chi connectivity index (χ3n) is 4.07. The molecule has 1 unspecified atom stereocenters. The van der Waals surface area contributed by atoms with Crippen LogP contribution in [0.2, 0.25) is 0 Å². The third kappa shape index (κ3) is 3.61. The van der Waals surface area contributed by atoms with E-state index in [1.54, 1.807) is 0 Å². The average Bonchev–Trinajstić information content (AvgIpc) is 2.53. The third-order valence-corrected chi connectivity index (χ3v) is 4.07. The van der Waals surface area contributed by atoms with Gasteiger partial charge in [-0.2, -0.15) is 5.26 Å². The summed E-state index contributed by atoms with van der Waals surface area (Å²) in [6.45, 7) is 2.22. The first-order chi connectivity index (χ1) is 9.79. The van der Waals surface area contributed by atoms with Gasteiger partial charge in [-0.15, -0.1) is 0 Å². The lowest BCUT2D eigenvalue weighted by atomic mass is 9.76. The quantitative estimate of drug-likeness (QED) is 0.622. The minimum atomic E-state index is -0.272. The Kier molecular flexibility index (Phi) is 5.18. The lowest BCUT2D eigenvalue weighted by Crippen LogP contribution is -2.17. The van der Waals surface area contributed by atoms with Crippen LogP contribution >= 0.6 is 0 Å². The molecule has 1 aliphatic carbocycles. The number of nitrogens with zero attached hydrogens (tertiary/aromatic N) is 1. The van der Waals surface area contributed by atoms with E-state index in [1.165, 1.54) is 30.4 Å². The summed E-state index contributed by atoms with van der Waals surface area (Å²) in [6, 6.07) is 12.9. The Morgan fingerprint density at radius 2 is 1.95 bits per heavy atom. The largest absolute Gasteiger partial charge is 0.197 e. The Labute approximate surface area is 122 Å². The van der Waals surface area contributed by atoms with Crippen LogP contribution in [0.25, 0.3) is 5.57 Å². The Bertz CT molecular complexity index is 518. The Morgan fingerprint density at radius 1 is 1.15 bits per heavy atom. The first-order valence-corrected chi connectivity index (χ1v) is 7.66. The molecule has 0 amide bonds. The number of benzene rings is 1. The van der Waals surface area contributed by atoms with Crippen LogP contribution in [0.15, 0.2) is 48.6 Å². The Morgan fingerprint density at radius 3 is 2.55 bits per heavy atom. The van der Waals surface area contributed by atoms with E-state index in [4.69, 9.17) is 0 Å². The molecule has 0 saturated carbocycles. The van der Waals surface area contributed by atoms with Gasteiger partial charge < -0.3 is 0 Å². The predicted molar refractivity (Wildman–Crippen MR) is 85.0 cm³/mol. The van der Waals surface area contributed by atoms with E-state index >= 15 is 0 Å². The second-order valence-electron chi connectivity index (χ2n) is 5.64. The highest BCUT2D eigenvalue weighted by molar-refractivity contribution is 5.75. The maximum Gasteiger partial charge on any atom is 0.0791 e. The highest BCUT2D eigenvalue weighted by Crippen LogP contribution is 2.36. The SMILES string of the molecule is CCCCCCC1(C#N)C=CC(c2ccccc2)=CC1. The summed E-state index contributed by atoms with van der Waals surface area (Å²) in [6.07, 6.45) is 13.2. The van der Waals surface area contributed by atoms with Gasteiger partial charge in [0.25, 0.3) is 0 Å². The first kappa shape index (κ1) is 14.6. The fourth-order valence-electron chi connectivity index (χ4n) is 2.71. The zero-order valence-electron chi connectivity index (χ0n) is 12.3. The molecule has 1 atom stereocenters. The molecule has 0 fully saturated rings. The summed E-state index contributed by atoms with van der Waals surface area (Å²) < 4.78 is 0. The molecule has 0 bridgehead atoms. The van der Waals surface area contributed by atoms with Gasteiger partial charge in [0.05, 0.1) is 11.5 Å². The number of nitriles is 1. The van der Waals surface area contributed by atoms with E-state index in [0.717, 1.165) is 19.3 Å². The molecule has 0 aromatic heterocycles. The first-order valence-electron chi connectivity index (χ1n) is 7.66. The zero-order chi connectivity index (χ0) is 14.3. The Hall–Kier alpha value is -1.81. The van der Waals surface area contributed by atoms with Crippen molar-refractivity contribution in [3.8, 4) is 6.07 Å². The molecule has 0 heterocycles. The van der Waals surface area contributed by atoms with Gasteiger partial charge in [0.15, 0.2) is 0 Å². The topological polar surface area (TPSA) is 23.8 Å². The summed E-state index contributed by atoms with van der Waals surface area (Å²) in [5.41, 5.74) is 2.21. The van der Waals surface area contributed by atoms with Gasteiger partial charge in [-0.25, -0.2) is 0 Å². The molecule has 0 N–H and O–H groups in total. The molecule has 2 rings (SSSR count). The van der Waals surface area contributed by atoms with Crippen molar-refractivity contribution in [2.24, 2.45) is 5.41 Å². The standard InChI is InChI=1S/C19H23N/c1-2-3-4-8-13-19(16-20)14-11-18(12-15-19)17-9-6-5-7-10-17/h5-7,9-12,14H,2-4,8,13,15H2,1H3. The number of allylic oxidation sites excluding steroid dienone is 4. The van der Waals surface area contributed by atoms with Crippen LogP contribution in [0.3, 0.4) is 0 Å². The van der Waals surface area contributed by atoms with Crippen molar-refractivity contribution >= 4 is 5.57 Å². The minimum Gasteiger partial charge on any atom is -0.197 e. The molecule has 1 aromatic rings. The van der Waals surface area contributed by atoms with Crippen LogP contribution in [0.1, 0.15) is 51.0 Å². The lowest BCUT2D eigenvalue weighted by Gasteiger charge is -2.25. The monoisotopic (exact) mass is 265 g/mol. The van der Waals surface area contributed by atoms with Gasteiger partial charge >= 0.3 is 0 Å². The minimum absolute atomic E-state index is 0.272. The number of unbranched alkanes of at least 4 members (excludes halogenated alkanes) is 3. The van der Waals surface area contributed by atoms with E-state index in [1.807, 2.05) is 6.07 Å². The van der Waals surface area contributed by atoms with Crippen molar-refractivity contribution in [1.29, 1.82) is 5.26 Å². The van der Waals surface area contributed by atoms with Crippen LogP contribution < -0.4 is 0 Å². The van der Waals surface area contributed by atoms with Gasteiger partial charge in [-0.3, -0.25) is 0 Å². The molecular weight excluding hydrogens is 242 g/mol. The summed E-state index contributed by atoms with van der Waals surface area (Å²) in [5, 5.41) is 9.52. The molecule has 0 aliphatic heterocycles. The van der Waals surface area contributed by atoms with Gasteiger partial charge in [0.2, 0.25) is 0 Å². The zero-order valence-corrected chi connectivity index (χ0v) is 12.3. The highest BCUT2D eigenvalue weighted by atomic mass is 14.4. The van der Waals surface area contributed by atoms with Crippen molar-refractivity contribution in [2.75, 3.05) is 0 Å². The van der Waals surface area contributed by atoms with E-state index in [9.17, 15) is 5.26 Å². The average molecular weight is 265 g/mol. The van der Waals surface area contributed by atoms with Crippen molar-refractivity contribution in [3.05, 3.63) is 54.1 Å². The fourth-order valence-corrected chi connectivity index (χ4v) is 2.71. The van der Waals surface area contributed by atoms with Crippen LogP contribution in [0.5, 0.6) is 0 Å². The van der Waals surface area contributed by atoms with Crippen molar-refractivity contribution in [1.82, 2.24) is 0 Å². The number of hydrogen-bond donors (Lipinski definition) is 0. The second-order valence-corrected chi connectivity index (χ2v) is 5.64. The summed E-state index contributed by atoms with van der Waals surface area (Å²) in [4.78, 5) is 0. The molecule has 20 heavy (non-hydrogen) atoms. The Balaban J connectivity index is 1.99. The van der Waals surface area contributed by atoms with Crippen molar-refractivity contribution in [3.63, 3.8) is 0 Å². The fraction of sp³-hybridized carbons (Fsp3) is 0.421. The predicted octanol–water partition coefficient (Wildman–Crippen LogP) is 5.51. The van der Waals surface area contributed by atoms with Crippen molar-refractivity contribution < 1.29 is 0 Å². The molecular formula is C19H23N. The molecule has 1 aliphatic rings. The number of hydrogen-bond acceptors (Lipinski definition) is 1. The molecule has 0 radical (unpaired) electrons. The molecule has 1 aromatic carbocycles. The van der Waals surface area contributed by atoms with E-state index in [2.05, 4.69) is 55.5 Å². The lowest BCUT2D eigenvalue weighted by molar-refractivity contribution is 0.435. The van der Waals surface area contributed by atoms with Crippen molar-refractivity contribution in [2.45, 2.75) is 45.4 Å². The molecule has 0 saturated heterocycles. The smallest absolute Gasteiger partial charge is 0.0791 e. The normalized spacial score (nSPS) is 21.3. The van der Waals surface area contributed by atoms with Gasteiger partial charge in [0, 0.05) is 0 Å². The maximum atomic E-state index is 9.52. The van der Waals surface area contributed by atoms with Crippen LogP contribution in [-0.4, -0.2) is 0 Å². The highest BCUT2D eigenvalue weighted by Gasteiger charge is 2.27. The maximum absolute atomic E-state index is 9.52. The van der Waals surface area contributed by atoms with Gasteiger partial charge in [-0.05, 0) is 24.0 Å². The van der Waals surface area contributed by atoms with E-state index < -0.39 is 0 Å². The molecule has 104 valence electrons. The summed E-state index contributed by atoms with van der Waals surface area (Å²) >= 11 is 0. The van der Waals surface area contributed by atoms with E-state index in [-0.39, 0.29) is 5.41 Å². The van der Waals surface area contributed by atoms with Crippen LogP contribution in [0.4, 0.5) is 0 Å². The van der Waals surface area contributed by atoms with Crippen LogP contribution in [-0.2, 0) is 0 Å². The number of rotatable bonds is 6.